The Morgan fingerprint density at radius 2 is 1.92 bits per heavy atom. The van der Waals surface area contributed by atoms with E-state index in [4.69, 9.17) is 9.47 Å². The number of fused-ring (bicyclic) bond motifs is 1. The van der Waals surface area contributed by atoms with E-state index < -0.39 is 6.10 Å². The van der Waals surface area contributed by atoms with E-state index in [9.17, 15) is 4.79 Å². The van der Waals surface area contributed by atoms with Crippen molar-refractivity contribution in [1.82, 2.24) is 0 Å². The molecule has 0 spiro atoms. The maximum atomic E-state index is 11.0. The monoisotopic (exact) mass is 164 g/mol. The summed E-state index contributed by atoms with van der Waals surface area (Å²) in [5.74, 6) is 0.791. The van der Waals surface area contributed by atoms with Gasteiger partial charge in [0.25, 0.3) is 0 Å². The highest BCUT2D eigenvalue weighted by molar-refractivity contribution is 5.79. The lowest BCUT2D eigenvalue weighted by atomic mass is 10.3. The molecule has 3 nitrogen and oxygen atoms in total. The summed E-state index contributed by atoms with van der Waals surface area (Å²) < 4.78 is 10.2. The summed E-state index contributed by atoms with van der Waals surface area (Å²) in [7, 11) is 0. The fourth-order valence-electron chi connectivity index (χ4n) is 1.06. The van der Waals surface area contributed by atoms with E-state index in [1.165, 1.54) is 0 Å². The molecule has 0 aliphatic carbocycles. The molecule has 1 aliphatic heterocycles. The van der Waals surface area contributed by atoms with Crippen LogP contribution in [0.1, 0.15) is 6.92 Å². The zero-order chi connectivity index (χ0) is 8.55. The molecule has 1 heterocycles. The van der Waals surface area contributed by atoms with Crippen LogP contribution in [0.3, 0.4) is 0 Å². The molecule has 62 valence electrons. The van der Waals surface area contributed by atoms with Crippen molar-refractivity contribution in [3.63, 3.8) is 0 Å². The molecule has 12 heavy (non-hydrogen) atoms. The lowest BCUT2D eigenvalue weighted by Gasteiger charge is -2.21. The minimum atomic E-state index is -0.500. The third-order valence-corrected chi connectivity index (χ3v) is 1.70. The molecule has 0 saturated heterocycles. The number of rotatable bonds is 0. The average molecular weight is 164 g/mol. The van der Waals surface area contributed by atoms with Gasteiger partial charge in [0.2, 0.25) is 0 Å². The third kappa shape index (κ3) is 1.03. The van der Waals surface area contributed by atoms with Gasteiger partial charge >= 0.3 is 5.97 Å². The van der Waals surface area contributed by atoms with Gasteiger partial charge in [0.05, 0.1) is 0 Å². The Labute approximate surface area is 69.9 Å². The number of benzene rings is 1. The van der Waals surface area contributed by atoms with E-state index in [0.717, 1.165) is 0 Å². The molecule has 3 heteroatoms. The van der Waals surface area contributed by atoms with Gasteiger partial charge in [0, 0.05) is 0 Å². The van der Waals surface area contributed by atoms with Crippen molar-refractivity contribution in [2.75, 3.05) is 0 Å². The minimum Gasteiger partial charge on any atom is -0.475 e. The van der Waals surface area contributed by atoms with Crippen LogP contribution in [0.25, 0.3) is 0 Å². The number of para-hydroxylation sites is 2. The molecular weight excluding hydrogens is 156 g/mol. The Bertz CT molecular complexity index is 319. The van der Waals surface area contributed by atoms with Crippen LogP contribution in [-0.2, 0) is 4.79 Å². The molecule has 0 fully saturated rings. The van der Waals surface area contributed by atoms with Crippen LogP contribution >= 0.6 is 0 Å². The molecule has 0 bridgehead atoms. The van der Waals surface area contributed by atoms with Gasteiger partial charge in [-0.1, -0.05) is 12.1 Å². The first-order valence-electron chi connectivity index (χ1n) is 3.75. The summed E-state index contributed by atoms with van der Waals surface area (Å²) >= 11 is 0. The van der Waals surface area contributed by atoms with Crippen LogP contribution in [0.15, 0.2) is 24.3 Å². The maximum Gasteiger partial charge on any atom is 0.352 e. The van der Waals surface area contributed by atoms with Crippen LogP contribution in [-0.4, -0.2) is 12.1 Å². The van der Waals surface area contributed by atoms with Crippen LogP contribution in [0.4, 0.5) is 0 Å². The van der Waals surface area contributed by atoms with Crippen LogP contribution < -0.4 is 9.47 Å². The molecule has 0 saturated carbocycles. The van der Waals surface area contributed by atoms with Crippen LogP contribution in [0, 0.1) is 0 Å². The second-order valence-corrected chi connectivity index (χ2v) is 2.63. The summed E-state index contributed by atoms with van der Waals surface area (Å²) in [6, 6.07) is 7.12. The normalized spacial score (nSPS) is 20.8. The lowest BCUT2D eigenvalue weighted by Crippen LogP contribution is -2.32. The number of hydrogen-bond acceptors (Lipinski definition) is 3. The first-order chi connectivity index (χ1) is 5.77. The van der Waals surface area contributed by atoms with Crippen molar-refractivity contribution in [2.24, 2.45) is 0 Å². The summed E-state index contributed by atoms with van der Waals surface area (Å²) in [4.78, 5) is 11.0. The molecule has 0 aromatic heterocycles. The van der Waals surface area contributed by atoms with E-state index in [2.05, 4.69) is 0 Å². The zero-order valence-electron chi connectivity index (χ0n) is 6.61. The predicted molar refractivity (Wildman–Crippen MR) is 42.2 cm³/mol. The third-order valence-electron chi connectivity index (χ3n) is 1.70. The lowest BCUT2D eigenvalue weighted by molar-refractivity contribution is -0.144. The maximum absolute atomic E-state index is 11.0. The molecule has 0 amide bonds. The Morgan fingerprint density at radius 3 is 2.67 bits per heavy atom. The van der Waals surface area contributed by atoms with Gasteiger partial charge in [-0.3, -0.25) is 0 Å². The number of carbonyl (C=O) groups excluding carboxylic acids is 1. The molecular formula is C9H8O3. The van der Waals surface area contributed by atoms with Crippen molar-refractivity contribution in [3.05, 3.63) is 24.3 Å². The first kappa shape index (κ1) is 7.16. The number of hydrogen-bond donors (Lipinski definition) is 0. The molecule has 0 radical (unpaired) electrons. The Hall–Kier alpha value is -1.51. The highest BCUT2D eigenvalue weighted by atomic mass is 16.6. The van der Waals surface area contributed by atoms with Gasteiger partial charge < -0.3 is 9.47 Å². The van der Waals surface area contributed by atoms with Gasteiger partial charge in [-0.05, 0) is 19.1 Å². The summed E-state index contributed by atoms with van der Waals surface area (Å²) in [5.41, 5.74) is 0. The second-order valence-electron chi connectivity index (χ2n) is 2.63. The van der Waals surface area contributed by atoms with Gasteiger partial charge in [-0.25, -0.2) is 4.79 Å². The van der Waals surface area contributed by atoms with Gasteiger partial charge in [-0.15, -0.1) is 0 Å². The molecule has 1 atom stereocenters. The topological polar surface area (TPSA) is 35.5 Å². The molecule has 1 aromatic rings. The van der Waals surface area contributed by atoms with Crippen molar-refractivity contribution in [3.8, 4) is 11.5 Å². The second kappa shape index (κ2) is 2.52. The van der Waals surface area contributed by atoms with Crippen LogP contribution in [0.5, 0.6) is 11.5 Å². The number of esters is 1. The van der Waals surface area contributed by atoms with Crippen molar-refractivity contribution >= 4 is 5.97 Å². The molecule has 1 aliphatic rings. The van der Waals surface area contributed by atoms with E-state index >= 15 is 0 Å². The highest BCUT2D eigenvalue weighted by Gasteiger charge is 2.24. The molecule has 0 N–H and O–H groups in total. The zero-order valence-corrected chi connectivity index (χ0v) is 6.61. The van der Waals surface area contributed by atoms with Gasteiger partial charge in [0.1, 0.15) is 0 Å². The van der Waals surface area contributed by atoms with Gasteiger partial charge in [0.15, 0.2) is 17.6 Å². The number of ether oxygens (including phenoxy) is 2. The fraction of sp³-hybridized carbons (Fsp3) is 0.222. The minimum absolute atomic E-state index is 0.339. The Balaban J connectivity index is 2.40. The predicted octanol–water partition coefficient (Wildman–Crippen LogP) is 1.37. The Morgan fingerprint density at radius 1 is 1.25 bits per heavy atom. The molecule has 2 rings (SSSR count). The van der Waals surface area contributed by atoms with Crippen molar-refractivity contribution in [2.45, 2.75) is 13.0 Å². The largest absolute Gasteiger partial charge is 0.475 e. The quantitative estimate of drug-likeness (QED) is 0.429. The summed E-state index contributed by atoms with van der Waals surface area (Å²) in [6.07, 6.45) is -0.500. The van der Waals surface area contributed by atoms with Crippen LogP contribution in [0.2, 0.25) is 0 Å². The first-order valence-corrected chi connectivity index (χ1v) is 3.75. The van der Waals surface area contributed by atoms with E-state index in [1.54, 1.807) is 25.1 Å². The molecule has 0 unspecified atom stereocenters. The standard InChI is InChI=1S/C9H8O3/c1-6-9(10)12-8-5-3-2-4-7(8)11-6/h2-6H,1H3/t6-/m1/s1. The van der Waals surface area contributed by atoms with E-state index in [1.807, 2.05) is 6.07 Å². The van der Waals surface area contributed by atoms with Crippen molar-refractivity contribution in [1.29, 1.82) is 0 Å². The SMILES string of the molecule is C[C@H]1Oc2ccccc2OC1=O. The highest BCUT2D eigenvalue weighted by Crippen LogP contribution is 2.30. The smallest absolute Gasteiger partial charge is 0.352 e. The summed E-state index contributed by atoms with van der Waals surface area (Å²) in [6.45, 7) is 1.66. The van der Waals surface area contributed by atoms with Gasteiger partial charge in [-0.2, -0.15) is 0 Å². The van der Waals surface area contributed by atoms with E-state index in [0.29, 0.717) is 11.5 Å². The van der Waals surface area contributed by atoms with E-state index in [-0.39, 0.29) is 5.97 Å². The van der Waals surface area contributed by atoms with Crippen molar-refractivity contribution < 1.29 is 14.3 Å². The summed E-state index contributed by atoms with van der Waals surface area (Å²) in [5, 5.41) is 0. The fourth-order valence-corrected chi connectivity index (χ4v) is 1.06. The number of carbonyl (C=O) groups is 1. The Kier molecular flexibility index (Phi) is 1.50. The average Bonchev–Trinajstić information content (AvgIpc) is 2.07. The molecule has 1 aromatic carbocycles.